The lowest BCUT2D eigenvalue weighted by Gasteiger charge is -2.25. The van der Waals surface area contributed by atoms with Crippen molar-refractivity contribution in [1.82, 2.24) is 10.2 Å². The minimum atomic E-state index is -1.14. The molecular formula is C10H20N2O3. The van der Waals surface area contributed by atoms with E-state index in [4.69, 9.17) is 5.11 Å². The molecule has 0 aromatic rings. The van der Waals surface area contributed by atoms with Gasteiger partial charge >= 0.3 is 6.09 Å². The zero-order chi connectivity index (χ0) is 11.4. The lowest BCUT2D eigenvalue weighted by Crippen LogP contribution is -2.50. The molecule has 1 rings (SSSR count). The van der Waals surface area contributed by atoms with Crippen LogP contribution in [0.2, 0.25) is 0 Å². The van der Waals surface area contributed by atoms with Crippen LogP contribution in [0, 0.1) is 5.92 Å². The molecule has 15 heavy (non-hydrogen) atoms. The maximum Gasteiger partial charge on any atom is 0.405 e. The summed E-state index contributed by atoms with van der Waals surface area (Å²) < 4.78 is 0. The van der Waals surface area contributed by atoms with Gasteiger partial charge in [-0.3, -0.25) is 4.79 Å². The first-order valence-electron chi connectivity index (χ1n) is 5.30. The predicted octanol–water partition coefficient (Wildman–Crippen LogP) is 1.15. The third-order valence-corrected chi connectivity index (χ3v) is 2.63. The maximum absolute atomic E-state index is 11.9. The van der Waals surface area contributed by atoms with Crippen molar-refractivity contribution in [2.45, 2.75) is 32.7 Å². The molecule has 0 saturated carbocycles. The third-order valence-electron chi connectivity index (χ3n) is 2.63. The maximum atomic E-state index is 11.9. The number of rotatable bonds is 3. The summed E-state index contributed by atoms with van der Waals surface area (Å²) in [5.41, 5.74) is 0. The number of hydrogen-bond donors (Lipinski definition) is 2. The van der Waals surface area contributed by atoms with Gasteiger partial charge in [-0.1, -0.05) is 13.8 Å². The Morgan fingerprint density at radius 3 is 2.27 bits per heavy atom. The van der Waals surface area contributed by atoms with E-state index in [0.29, 0.717) is 0 Å². The summed E-state index contributed by atoms with van der Waals surface area (Å²) in [7, 11) is 0. The zero-order valence-corrected chi connectivity index (χ0v) is 9.19. The van der Waals surface area contributed by atoms with E-state index in [1.165, 1.54) is 0 Å². The number of nitrogens with one attached hydrogen (secondary N) is 1. The van der Waals surface area contributed by atoms with Crippen molar-refractivity contribution in [3.8, 4) is 0 Å². The molecule has 1 atom stereocenters. The van der Waals surface area contributed by atoms with Crippen molar-refractivity contribution >= 4 is 12.0 Å². The van der Waals surface area contributed by atoms with E-state index >= 15 is 0 Å². The standard InChI is InChI=1S/C10H18N2O3.H2/c1-7(2)8(11-10(14)15)9(13)12-5-3-4-6-12;/h7-8,11H,3-6H2,1-2H3,(H,14,15);1H/t8-;/m0./s1. The van der Waals surface area contributed by atoms with Gasteiger partial charge in [-0.05, 0) is 18.8 Å². The molecule has 0 aromatic carbocycles. The van der Waals surface area contributed by atoms with Crippen molar-refractivity contribution in [2.24, 2.45) is 5.92 Å². The van der Waals surface area contributed by atoms with Crippen molar-refractivity contribution in [1.29, 1.82) is 0 Å². The van der Waals surface area contributed by atoms with Crippen LogP contribution in [0.4, 0.5) is 4.79 Å². The highest BCUT2D eigenvalue weighted by Crippen LogP contribution is 2.12. The SMILES string of the molecule is CC(C)[C@H](NC(=O)O)C(=O)N1CCCC1.[HH]. The molecule has 0 aromatic heterocycles. The molecule has 1 saturated heterocycles. The molecule has 1 heterocycles. The second-order valence-electron chi connectivity index (χ2n) is 4.20. The van der Waals surface area contributed by atoms with Crippen LogP contribution in [0.15, 0.2) is 0 Å². The number of nitrogens with zero attached hydrogens (tertiary/aromatic N) is 1. The van der Waals surface area contributed by atoms with E-state index in [2.05, 4.69) is 5.32 Å². The summed E-state index contributed by atoms with van der Waals surface area (Å²) in [4.78, 5) is 24.2. The molecule has 0 radical (unpaired) electrons. The molecule has 5 heteroatoms. The van der Waals surface area contributed by atoms with Crippen LogP contribution in [0.25, 0.3) is 0 Å². The van der Waals surface area contributed by atoms with E-state index in [1.807, 2.05) is 13.8 Å². The van der Waals surface area contributed by atoms with Gasteiger partial charge in [0.15, 0.2) is 0 Å². The first-order chi connectivity index (χ1) is 7.02. The van der Waals surface area contributed by atoms with Gasteiger partial charge < -0.3 is 15.3 Å². The highest BCUT2D eigenvalue weighted by Gasteiger charge is 2.29. The topological polar surface area (TPSA) is 69.6 Å². The lowest BCUT2D eigenvalue weighted by atomic mass is 10.0. The van der Waals surface area contributed by atoms with Gasteiger partial charge in [0.1, 0.15) is 6.04 Å². The quantitative estimate of drug-likeness (QED) is 0.743. The average Bonchev–Trinajstić information content (AvgIpc) is 2.65. The highest BCUT2D eigenvalue weighted by molar-refractivity contribution is 5.85. The minimum Gasteiger partial charge on any atom is -0.465 e. The fourth-order valence-electron chi connectivity index (χ4n) is 1.78. The second-order valence-corrected chi connectivity index (χ2v) is 4.20. The van der Waals surface area contributed by atoms with E-state index in [0.717, 1.165) is 25.9 Å². The predicted molar refractivity (Wildman–Crippen MR) is 57.7 cm³/mol. The van der Waals surface area contributed by atoms with Gasteiger partial charge in [0.05, 0.1) is 0 Å². The fraction of sp³-hybridized carbons (Fsp3) is 0.800. The third kappa shape index (κ3) is 3.11. The Morgan fingerprint density at radius 1 is 1.33 bits per heavy atom. The molecule has 88 valence electrons. The summed E-state index contributed by atoms with van der Waals surface area (Å²) in [5.74, 6) is -0.112. The van der Waals surface area contributed by atoms with Gasteiger partial charge in [-0.15, -0.1) is 0 Å². The van der Waals surface area contributed by atoms with Gasteiger partial charge in [0.2, 0.25) is 5.91 Å². The number of carbonyl (C=O) groups excluding carboxylic acids is 1. The lowest BCUT2D eigenvalue weighted by molar-refractivity contribution is -0.133. The molecule has 2 amide bonds. The van der Waals surface area contributed by atoms with Crippen LogP contribution in [-0.2, 0) is 4.79 Å². The zero-order valence-electron chi connectivity index (χ0n) is 9.19. The van der Waals surface area contributed by atoms with Crippen molar-refractivity contribution in [2.75, 3.05) is 13.1 Å². The normalized spacial score (nSPS) is 17.9. The molecule has 0 unspecified atom stereocenters. The molecule has 1 aliphatic heterocycles. The Labute approximate surface area is 90.9 Å². The Bertz CT molecular complexity index is 252. The van der Waals surface area contributed by atoms with Crippen molar-refractivity contribution < 1.29 is 16.1 Å². The van der Waals surface area contributed by atoms with Gasteiger partial charge in [0, 0.05) is 14.5 Å². The summed E-state index contributed by atoms with van der Waals surface area (Å²) in [6.07, 6.45) is 0.897. The van der Waals surface area contributed by atoms with E-state index < -0.39 is 12.1 Å². The number of carbonyl (C=O) groups is 2. The van der Waals surface area contributed by atoms with Crippen LogP contribution in [0.1, 0.15) is 28.1 Å². The van der Waals surface area contributed by atoms with Gasteiger partial charge in [-0.25, -0.2) is 4.79 Å². The molecule has 2 N–H and O–H groups in total. The monoisotopic (exact) mass is 216 g/mol. The summed E-state index contributed by atoms with van der Waals surface area (Å²) in [5, 5.41) is 10.9. The van der Waals surface area contributed by atoms with Crippen molar-refractivity contribution in [3.05, 3.63) is 0 Å². The number of carboxylic acid groups (broad SMARTS) is 1. The average molecular weight is 216 g/mol. The molecular weight excluding hydrogens is 196 g/mol. The molecule has 1 fully saturated rings. The van der Waals surface area contributed by atoms with Crippen molar-refractivity contribution in [3.63, 3.8) is 0 Å². The number of likely N-dealkylation sites (tertiary alicyclic amines) is 1. The minimum absolute atomic E-state index is 0. The van der Waals surface area contributed by atoms with Gasteiger partial charge in [0.25, 0.3) is 0 Å². The van der Waals surface area contributed by atoms with Crippen LogP contribution in [0.5, 0.6) is 0 Å². The van der Waals surface area contributed by atoms with Crippen LogP contribution in [-0.4, -0.2) is 41.1 Å². The van der Waals surface area contributed by atoms with Crippen LogP contribution >= 0.6 is 0 Å². The van der Waals surface area contributed by atoms with Gasteiger partial charge in [-0.2, -0.15) is 0 Å². The highest BCUT2D eigenvalue weighted by atomic mass is 16.4. The first kappa shape index (κ1) is 11.8. The van der Waals surface area contributed by atoms with E-state index in [9.17, 15) is 9.59 Å². The summed E-state index contributed by atoms with van der Waals surface area (Å²) in [6, 6.07) is -0.611. The molecule has 5 nitrogen and oxygen atoms in total. The summed E-state index contributed by atoms with van der Waals surface area (Å²) >= 11 is 0. The molecule has 0 spiro atoms. The first-order valence-corrected chi connectivity index (χ1v) is 5.30. The number of hydrogen-bond acceptors (Lipinski definition) is 2. The Kier molecular flexibility index (Phi) is 3.94. The Hall–Kier alpha value is -1.26. The number of amides is 2. The smallest absolute Gasteiger partial charge is 0.405 e. The van der Waals surface area contributed by atoms with E-state index in [1.54, 1.807) is 4.90 Å². The van der Waals surface area contributed by atoms with E-state index in [-0.39, 0.29) is 13.3 Å². The summed E-state index contributed by atoms with van der Waals surface area (Å²) in [6.45, 7) is 5.19. The van der Waals surface area contributed by atoms with Crippen LogP contribution in [0.3, 0.4) is 0 Å². The fourth-order valence-corrected chi connectivity index (χ4v) is 1.78. The molecule has 0 aliphatic carbocycles. The molecule has 1 aliphatic rings. The Morgan fingerprint density at radius 2 is 1.87 bits per heavy atom. The second kappa shape index (κ2) is 5.00. The Balaban J connectivity index is 0.00000225. The molecule has 0 bridgehead atoms. The van der Waals surface area contributed by atoms with Crippen LogP contribution < -0.4 is 5.32 Å². The largest absolute Gasteiger partial charge is 0.465 e.